The Hall–Kier alpha value is -2.72. The Labute approximate surface area is 296 Å². The molecule has 3 aliphatic carbocycles. The van der Waals surface area contributed by atoms with Crippen LogP contribution < -0.4 is 9.64 Å². The monoisotopic (exact) mass is 708 g/mol. The summed E-state index contributed by atoms with van der Waals surface area (Å²) in [7, 11) is 0.254. The number of fused-ring (bicyclic) bond motifs is 4. The van der Waals surface area contributed by atoms with Crippen LogP contribution in [-0.2, 0) is 35.8 Å². The maximum absolute atomic E-state index is 14.5. The number of hydrogen-bond donors (Lipinski definition) is 0. The second kappa shape index (κ2) is 14.1. The van der Waals surface area contributed by atoms with Crippen molar-refractivity contribution >= 4 is 38.7 Å². The molecule has 8 nitrogen and oxygen atoms in total. The second-order valence-electron chi connectivity index (χ2n) is 15.2. The van der Waals surface area contributed by atoms with Crippen LogP contribution in [-0.4, -0.2) is 73.5 Å². The van der Waals surface area contributed by atoms with Gasteiger partial charge in [0.2, 0.25) is 0 Å². The molecule has 2 bridgehead atoms. The lowest BCUT2D eigenvalue weighted by Gasteiger charge is -2.46. The first-order chi connectivity index (χ1) is 23.6. The van der Waals surface area contributed by atoms with Crippen LogP contribution in [0.3, 0.4) is 0 Å². The minimum absolute atomic E-state index is 0.0241. The van der Waals surface area contributed by atoms with E-state index in [9.17, 15) is 13.8 Å². The molecular weight excluding hydrogens is 660 g/mol. The van der Waals surface area contributed by atoms with E-state index in [2.05, 4.69) is 33.5 Å². The predicted molar refractivity (Wildman–Crippen MR) is 193 cm³/mol. The normalized spacial score (nSPS) is 35.0. The van der Waals surface area contributed by atoms with Gasteiger partial charge in [0.15, 0.2) is 0 Å². The van der Waals surface area contributed by atoms with Crippen molar-refractivity contribution in [1.29, 1.82) is 0 Å². The van der Waals surface area contributed by atoms with Crippen LogP contribution in [0.25, 0.3) is 0 Å². The molecule has 0 aromatic heterocycles. The van der Waals surface area contributed by atoms with Crippen LogP contribution in [0.15, 0.2) is 52.9 Å². The first-order valence-electron chi connectivity index (χ1n) is 17.9. The molecule has 2 aromatic rings. The fraction of sp³-hybridized carbons (Fsp3) is 0.590. The number of allylic oxidation sites excluding steroid dienone is 1. The van der Waals surface area contributed by atoms with Crippen LogP contribution in [0.2, 0.25) is 5.02 Å². The van der Waals surface area contributed by atoms with Gasteiger partial charge in [0.05, 0.1) is 40.0 Å². The molecule has 2 aromatic carbocycles. The van der Waals surface area contributed by atoms with Gasteiger partial charge in [0.25, 0.3) is 5.91 Å². The summed E-state index contributed by atoms with van der Waals surface area (Å²) in [5, 5.41) is 0.751. The van der Waals surface area contributed by atoms with Crippen LogP contribution in [0.5, 0.6) is 5.75 Å². The number of carbonyl (C=O) groups excluding carboxylic acids is 2. The molecule has 49 heavy (non-hydrogen) atoms. The molecule has 7 rings (SSSR count). The zero-order valence-corrected chi connectivity index (χ0v) is 30.5. The number of benzene rings is 2. The fourth-order valence-corrected chi connectivity index (χ4v) is 11.4. The van der Waals surface area contributed by atoms with E-state index in [1.54, 1.807) is 20.3 Å². The Bertz CT molecular complexity index is 1750. The molecule has 0 radical (unpaired) electrons. The standard InChI is InChI=1S/C39H49ClN2O6S/c1-25-6-4-8-36(47-3)32-12-9-28(32)20-42-23-39(15-5-7-26-16-30(40)11-13-33(26)39)24-48-37-14-10-27(19-34(37)42)38(44)41-49(45,21-25)22-35(43)29-17-31(18-29)46-2/h4,8,10-11,13-14,16,19,25,28-29,31-32,36H,5-7,9,12,15,17-18,20-24H2,1-3H3/b8-4+/t25-,28-,29?,31?,32+,36-,39-,49+/m0/s1. The molecule has 1 spiro atoms. The third-order valence-electron chi connectivity index (χ3n) is 11.8. The van der Waals surface area contributed by atoms with E-state index >= 15 is 0 Å². The number of amides is 1. The van der Waals surface area contributed by atoms with E-state index in [1.165, 1.54) is 11.1 Å². The maximum Gasteiger partial charge on any atom is 0.285 e. The van der Waals surface area contributed by atoms with Gasteiger partial charge in [0, 0.05) is 55.0 Å². The molecule has 2 aliphatic heterocycles. The summed E-state index contributed by atoms with van der Waals surface area (Å²) in [6.07, 6.45) is 11.4. The van der Waals surface area contributed by atoms with Crippen LogP contribution in [0, 0.1) is 23.7 Å². The molecule has 2 heterocycles. The number of Topliss-reactive ketones (excluding diaryl/α,β-unsaturated/α-hetero) is 1. The highest BCUT2D eigenvalue weighted by molar-refractivity contribution is 7.94. The lowest BCUT2D eigenvalue weighted by atomic mass is 9.68. The van der Waals surface area contributed by atoms with Gasteiger partial charge in [-0.1, -0.05) is 36.7 Å². The molecular formula is C39H49ClN2O6S. The van der Waals surface area contributed by atoms with Gasteiger partial charge in [-0.3, -0.25) is 9.59 Å². The van der Waals surface area contributed by atoms with Gasteiger partial charge >= 0.3 is 0 Å². The van der Waals surface area contributed by atoms with Gasteiger partial charge in [-0.2, -0.15) is 4.36 Å². The van der Waals surface area contributed by atoms with E-state index in [0.717, 1.165) is 61.7 Å². The number of anilines is 1. The Morgan fingerprint density at radius 3 is 2.73 bits per heavy atom. The number of methoxy groups -OCH3 is 2. The molecule has 2 saturated carbocycles. The summed E-state index contributed by atoms with van der Waals surface area (Å²) in [6, 6.07) is 11.7. The van der Waals surface area contributed by atoms with E-state index < -0.39 is 15.6 Å². The number of halogens is 1. The van der Waals surface area contributed by atoms with Gasteiger partial charge in [-0.15, -0.1) is 0 Å². The van der Waals surface area contributed by atoms with Crippen molar-refractivity contribution in [1.82, 2.24) is 0 Å². The molecule has 0 unspecified atom stereocenters. The number of carbonyl (C=O) groups is 2. The van der Waals surface area contributed by atoms with Crippen molar-refractivity contribution in [2.75, 3.05) is 50.3 Å². The molecule has 2 fully saturated rings. The summed E-state index contributed by atoms with van der Waals surface area (Å²) < 4.78 is 37.0. The Morgan fingerprint density at radius 1 is 1.14 bits per heavy atom. The highest BCUT2D eigenvalue weighted by atomic mass is 35.5. The highest BCUT2D eigenvalue weighted by Crippen LogP contribution is 2.47. The summed E-state index contributed by atoms with van der Waals surface area (Å²) in [6.45, 7) is 4.09. The Balaban J connectivity index is 1.28. The number of ether oxygens (including phenoxy) is 3. The van der Waals surface area contributed by atoms with Crippen molar-refractivity contribution < 1.29 is 28.0 Å². The quantitative estimate of drug-likeness (QED) is 0.307. The SMILES string of the molecule is COC1CC(C(=O)C[S@@]2(=O)=NC(=O)c3ccc4c(c3)N(C[C@@H]3CC[C@H]3[C@@H](OC)/C=C/C[C@H](C)C2)C[C@@]2(CCCc3cc(Cl)ccc32)CO4)C1. The zero-order chi connectivity index (χ0) is 34.3. The van der Waals surface area contributed by atoms with Crippen molar-refractivity contribution in [2.45, 2.75) is 75.9 Å². The molecule has 0 N–H and O–H groups in total. The predicted octanol–water partition coefficient (Wildman–Crippen LogP) is 7.05. The number of rotatable bonds is 5. The van der Waals surface area contributed by atoms with Crippen molar-refractivity contribution in [3.05, 3.63) is 70.3 Å². The number of nitrogens with zero attached hydrogens (tertiary/aromatic N) is 2. The third kappa shape index (κ3) is 7.10. The average molecular weight is 709 g/mol. The van der Waals surface area contributed by atoms with Gasteiger partial charge in [-0.25, -0.2) is 4.21 Å². The van der Waals surface area contributed by atoms with Crippen molar-refractivity contribution in [2.24, 2.45) is 28.0 Å². The summed E-state index contributed by atoms with van der Waals surface area (Å²) in [5.74, 6) is 0.587. The average Bonchev–Trinajstić information content (AvgIpc) is 3.18. The minimum atomic E-state index is -3.17. The van der Waals surface area contributed by atoms with Crippen LogP contribution >= 0.6 is 11.6 Å². The molecule has 6 atom stereocenters. The molecule has 1 amide bonds. The molecule has 10 heteroatoms. The van der Waals surface area contributed by atoms with Gasteiger partial charge < -0.3 is 19.1 Å². The van der Waals surface area contributed by atoms with Crippen molar-refractivity contribution in [3.63, 3.8) is 0 Å². The lowest BCUT2D eigenvalue weighted by molar-refractivity contribution is -0.127. The number of ketones is 1. The van der Waals surface area contributed by atoms with Gasteiger partial charge in [0.1, 0.15) is 11.5 Å². The Morgan fingerprint density at radius 2 is 1.98 bits per heavy atom. The molecule has 5 aliphatic rings. The fourth-order valence-electron chi connectivity index (χ4n) is 8.83. The van der Waals surface area contributed by atoms with Crippen LogP contribution in [0.1, 0.15) is 73.4 Å². The third-order valence-corrected chi connectivity index (χ3v) is 14.4. The largest absolute Gasteiger partial charge is 0.490 e. The summed E-state index contributed by atoms with van der Waals surface area (Å²) in [5.41, 5.74) is 3.56. The molecule has 264 valence electrons. The van der Waals surface area contributed by atoms with E-state index in [0.29, 0.717) is 43.3 Å². The number of hydrogen-bond acceptors (Lipinski definition) is 7. The maximum atomic E-state index is 14.5. The van der Waals surface area contributed by atoms with Crippen LogP contribution in [0.4, 0.5) is 5.69 Å². The highest BCUT2D eigenvalue weighted by Gasteiger charge is 2.44. The topological polar surface area (TPSA) is 94.5 Å². The van der Waals surface area contributed by atoms with E-state index in [4.69, 9.17) is 25.8 Å². The van der Waals surface area contributed by atoms with E-state index in [-0.39, 0.29) is 46.7 Å². The lowest BCUT2D eigenvalue weighted by Crippen LogP contribution is -2.49. The zero-order valence-electron chi connectivity index (χ0n) is 28.9. The minimum Gasteiger partial charge on any atom is -0.490 e. The summed E-state index contributed by atoms with van der Waals surface area (Å²) >= 11 is 6.45. The van der Waals surface area contributed by atoms with Crippen molar-refractivity contribution in [3.8, 4) is 5.75 Å². The second-order valence-corrected chi connectivity index (χ2v) is 18.0. The smallest absolute Gasteiger partial charge is 0.285 e. The Kier molecular flexibility index (Phi) is 10.0. The van der Waals surface area contributed by atoms with Gasteiger partial charge in [-0.05, 0) is 111 Å². The first-order valence-corrected chi connectivity index (χ1v) is 20.1. The first kappa shape index (κ1) is 34.7. The molecule has 0 saturated heterocycles. The summed E-state index contributed by atoms with van der Waals surface area (Å²) in [4.78, 5) is 29.7. The van der Waals surface area contributed by atoms with E-state index in [1.807, 2.05) is 25.1 Å². The number of aryl methyl sites for hydroxylation is 1.